The number of anilines is 1. The van der Waals surface area contributed by atoms with Gasteiger partial charge < -0.3 is 15.5 Å². The summed E-state index contributed by atoms with van der Waals surface area (Å²) in [6, 6.07) is 5.43. The second-order valence-electron chi connectivity index (χ2n) is 7.60. The van der Waals surface area contributed by atoms with Gasteiger partial charge in [-0.1, -0.05) is 0 Å². The lowest BCUT2D eigenvalue weighted by Crippen LogP contribution is -2.51. The fourth-order valence-corrected chi connectivity index (χ4v) is 4.87. The molecule has 5 nitrogen and oxygen atoms in total. The third kappa shape index (κ3) is 2.91. The first-order chi connectivity index (χ1) is 12.1. The molecule has 2 amide bonds. The van der Waals surface area contributed by atoms with E-state index >= 15 is 0 Å². The summed E-state index contributed by atoms with van der Waals surface area (Å²) in [5.41, 5.74) is 1.78. The van der Waals surface area contributed by atoms with Crippen LogP contribution >= 0.6 is 0 Å². The number of nitrogens with one attached hydrogen (secondary N) is 2. The Bertz CT molecular complexity index is 651. The van der Waals surface area contributed by atoms with Crippen molar-refractivity contribution in [3.05, 3.63) is 29.6 Å². The summed E-state index contributed by atoms with van der Waals surface area (Å²) in [7, 11) is 1.65. The minimum atomic E-state index is -0.210. The van der Waals surface area contributed by atoms with Crippen LogP contribution in [0.4, 0.5) is 14.9 Å². The van der Waals surface area contributed by atoms with Gasteiger partial charge >= 0.3 is 6.03 Å². The number of piperidine rings is 2. The van der Waals surface area contributed by atoms with Crippen LogP contribution in [0.25, 0.3) is 0 Å². The molecular weight excluding hydrogens is 319 g/mol. The molecular formula is C19H27FN4O. The number of nitrogens with zero attached hydrogens (tertiary/aromatic N) is 2. The lowest BCUT2D eigenvalue weighted by Gasteiger charge is -2.44. The van der Waals surface area contributed by atoms with Gasteiger partial charge in [0.05, 0.1) is 0 Å². The average molecular weight is 346 g/mol. The largest absolute Gasteiger partial charge is 0.341 e. The summed E-state index contributed by atoms with van der Waals surface area (Å²) in [5.74, 6) is -0.210. The molecule has 1 aromatic carbocycles. The van der Waals surface area contributed by atoms with E-state index in [0.29, 0.717) is 12.6 Å². The summed E-state index contributed by atoms with van der Waals surface area (Å²) >= 11 is 0. The van der Waals surface area contributed by atoms with Crippen molar-refractivity contribution >= 4 is 11.7 Å². The van der Waals surface area contributed by atoms with Crippen LogP contribution in [0.1, 0.15) is 31.2 Å². The van der Waals surface area contributed by atoms with Crippen LogP contribution in [0.2, 0.25) is 0 Å². The number of hydrogen-bond donors (Lipinski definition) is 2. The average Bonchev–Trinajstić information content (AvgIpc) is 2.96. The fraction of sp³-hybridized carbons (Fsp3) is 0.632. The maximum atomic E-state index is 13.9. The van der Waals surface area contributed by atoms with E-state index in [0.717, 1.165) is 50.3 Å². The molecule has 0 saturated carbocycles. The number of carbonyl (C=O) groups is 1. The molecule has 136 valence electrons. The number of urea groups is 1. The van der Waals surface area contributed by atoms with E-state index in [1.54, 1.807) is 24.1 Å². The van der Waals surface area contributed by atoms with Gasteiger partial charge in [-0.05, 0) is 75.6 Å². The smallest absolute Gasteiger partial charge is 0.321 e. The number of hydrogen-bond acceptors (Lipinski definition) is 3. The first-order valence-electron chi connectivity index (χ1n) is 9.37. The Morgan fingerprint density at radius 1 is 1.28 bits per heavy atom. The second-order valence-corrected chi connectivity index (χ2v) is 7.60. The summed E-state index contributed by atoms with van der Waals surface area (Å²) in [6.45, 7) is 4.92. The quantitative estimate of drug-likeness (QED) is 0.818. The van der Waals surface area contributed by atoms with Crippen molar-refractivity contribution in [3.8, 4) is 0 Å². The summed E-state index contributed by atoms with van der Waals surface area (Å²) in [4.78, 5) is 16.7. The highest BCUT2D eigenvalue weighted by Crippen LogP contribution is 2.47. The monoisotopic (exact) mass is 346 g/mol. The summed E-state index contributed by atoms with van der Waals surface area (Å²) in [5, 5.41) is 6.15. The van der Waals surface area contributed by atoms with Gasteiger partial charge in [0.15, 0.2) is 0 Å². The van der Waals surface area contributed by atoms with Crippen molar-refractivity contribution in [1.82, 2.24) is 15.5 Å². The summed E-state index contributed by atoms with van der Waals surface area (Å²) < 4.78 is 13.9. The van der Waals surface area contributed by atoms with Gasteiger partial charge in [-0.2, -0.15) is 0 Å². The van der Waals surface area contributed by atoms with Gasteiger partial charge in [0.25, 0.3) is 0 Å². The number of fused-ring (bicyclic) bond motifs is 2. The molecule has 1 spiro atoms. The maximum Gasteiger partial charge on any atom is 0.321 e. The molecule has 0 bridgehead atoms. The van der Waals surface area contributed by atoms with E-state index in [1.807, 2.05) is 0 Å². The Kier molecular flexibility index (Phi) is 4.41. The number of carbonyl (C=O) groups excluding carboxylic acids is 1. The third-order valence-corrected chi connectivity index (χ3v) is 6.32. The Morgan fingerprint density at radius 3 is 2.68 bits per heavy atom. The maximum absolute atomic E-state index is 13.9. The Hall–Kier alpha value is -1.66. The van der Waals surface area contributed by atoms with Gasteiger partial charge in [-0.25, -0.2) is 9.18 Å². The molecule has 0 atom stereocenters. The van der Waals surface area contributed by atoms with Gasteiger partial charge in [-0.15, -0.1) is 0 Å². The molecule has 0 unspecified atom stereocenters. The molecule has 3 aliphatic rings. The molecule has 0 radical (unpaired) electrons. The number of amides is 2. The van der Waals surface area contributed by atoms with Crippen LogP contribution < -0.4 is 15.5 Å². The van der Waals surface area contributed by atoms with E-state index < -0.39 is 0 Å². The predicted octanol–water partition coefficient (Wildman–Crippen LogP) is 2.07. The van der Waals surface area contributed by atoms with E-state index in [1.165, 1.54) is 18.9 Å². The van der Waals surface area contributed by atoms with Crippen LogP contribution in [0.5, 0.6) is 0 Å². The molecule has 3 aliphatic heterocycles. The highest BCUT2D eigenvalue weighted by molar-refractivity contribution is 5.95. The minimum Gasteiger partial charge on any atom is -0.341 e. The highest BCUT2D eigenvalue weighted by Gasteiger charge is 2.47. The van der Waals surface area contributed by atoms with Gasteiger partial charge in [0.2, 0.25) is 0 Å². The van der Waals surface area contributed by atoms with E-state index in [2.05, 4.69) is 15.5 Å². The Morgan fingerprint density at radius 2 is 2.00 bits per heavy atom. The molecule has 4 rings (SSSR count). The number of likely N-dealkylation sites (tertiary alicyclic amines) is 1. The van der Waals surface area contributed by atoms with Crippen LogP contribution in [-0.2, 0) is 5.41 Å². The lowest BCUT2D eigenvalue weighted by molar-refractivity contribution is 0.101. The second kappa shape index (κ2) is 6.57. The normalized spacial score (nSPS) is 23.7. The Labute approximate surface area is 148 Å². The first kappa shape index (κ1) is 16.8. The molecule has 1 aromatic rings. The third-order valence-electron chi connectivity index (χ3n) is 6.32. The van der Waals surface area contributed by atoms with Crippen LogP contribution in [0.3, 0.4) is 0 Å². The fourth-order valence-electron chi connectivity index (χ4n) is 4.87. The van der Waals surface area contributed by atoms with Gasteiger partial charge in [0.1, 0.15) is 5.82 Å². The van der Waals surface area contributed by atoms with Crippen molar-refractivity contribution in [2.75, 3.05) is 44.7 Å². The zero-order valence-electron chi connectivity index (χ0n) is 14.9. The van der Waals surface area contributed by atoms with Gasteiger partial charge in [0, 0.05) is 30.7 Å². The van der Waals surface area contributed by atoms with Crippen molar-refractivity contribution in [1.29, 1.82) is 0 Å². The zero-order chi connectivity index (χ0) is 17.4. The van der Waals surface area contributed by atoms with Crippen molar-refractivity contribution in [3.63, 3.8) is 0 Å². The minimum absolute atomic E-state index is 0.104. The van der Waals surface area contributed by atoms with E-state index in [-0.39, 0.29) is 17.3 Å². The molecule has 25 heavy (non-hydrogen) atoms. The zero-order valence-corrected chi connectivity index (χ0v) is 14.9. The van der Waals surface area contributed by atoms with Crippen molar-refractivity contribution in [2.45, 2.75) is 37.1 Å². The van der Waals surface area contributed by atoms with Crippen molar-refractivity contribution in [2.24, 2.45) is 0 Å². The van der Waals surface area contributed by atoms with Crippen molar-refractivity contribution < 1.29 is 9.18 Å². The predicted molar refractivity (Wildman–Crippen MR) is 96.6 cm³/mol. The van der Waals surface area contributed by atoms with Crippen LogP contribution in [0.15, 0.2) is 18.2 Å². The number of rotatable bonds is 1. The van der Waals surface area contributed by atoms with E-state index in [4.69, 9.17) is 0 Å². The number of benzene rings is 1. The first-order valence-corrected chi connectivity index (χ1v) is 9.37. The lowest BCUT2D eigenvalue weighted by atomic mass is 9.74. The highest BCUT2D eigenvalue weighted by atomic mass is 19.1. The molecule has 6 heteroatoms. The molecule has 2 N–H and O–H groups in total. The summed E-state index contributed by atoms with van der Waals surface area (Å²) in [6.07, 6.45) is 4.40. The molecule has 0 aliphatic carbocycles. The van der Waals surface area contributed by atoms with Gasteiger partial charge in [-0.3, -0.25) is 4.90 Å². The molecule has 0 aromatic heterocycles. The standard InChI is InChI=1S/C19H27FN4O/c1-21-18(25)24-13-19(16-12-14(20)2-3-17(16)24)6-10-23(11-7-19)15-4-8-22-9-5-15/h2-3,12,15,22H,4-11,13H2,1H3,(H,21,25). The topological polar surface area (TPSA) is 47.6 Å². The van der Waals surface area contributed by atoms with Crippen LogP contribution in [-0.4, -0.2) is 56.7 Å². The Balaban J connectivity index is 1.56. The van der Waals surface area contributed by atoms with Crippen LogP contribution in [0, 0.1) is 5.82 Å². The molecule has 2 saturated heterocycles. The molecule has 2 fully saturated rings. The number of halogens is 1. The van der Waals surface area contributed by atoms with E-state index in [9.17, 15) is 9.18 Å². The SMILES string of the molecule is CNC(=O)N1CC2(CCN(C3CCNCC3)CC2)c2cc(F)ccc21. The molecule has 3 heterocycles.